The van der Waals surface area contributed by atoms with Crippen molar-refractivity contribution in [2.75, 3.05) is 12.4 Å². The third kappa shape index (κ3) is 5.18. The molecule has 0 spiro atoms. The molecule has 0 aliphatic rings. The third-order valence-corrected chi connectivity index (χ3v) is 3.85. The van der Waals surface area contributed by atoms with Gasteiger partial charge in [0.15, 0.2) is 11.5 Å². The first-order chi connectivity index (χ1) is 11.9. The van der Waals surface area contributed by atoms with Crippen LogP contribution in [0.25, 0.3) is 0 Å². The Morgan fingerprint density at radius 2 is 2.04 bits per heavy atom. The molecule has 8 heteroatoms. The maximum Gasteiger partial charge on any atom is 0.262 e. The normalized spacial score (nSPS) is 12.0. The first-order valence-electron chi connectivity index (χ1n) is 7.32. The molecular formula is C17H17BrFN3O3. The van der Waals surface area contributed by atoms with Gasteiger partial charge in [-0.1, -0.05) is 0 Å². The molecule has 1 amide bonds. The number of carbonyl (C=O) groups is 1. The van der Waals surface area contributed by atoms with Crippen molar-refractivity contribution in [3.63, 3.8) is 0 Å². The van der Waals surface area contributed by atoms with Crippen molar-refractivity contribution in [3.05, 3.63) is 52.3 Å². The monoisotopic (exact) mass is 409 g/mol. The topological polar surface area (TPSA) is 83.0 Å². The van der Waals surface area contributed by atoms with Gasteiger partial charge in [0, 0.05) is 5.69 Å². The number of aromatic hydroxyl groups is 1. The Morgan fingerprint density at radius 1 is 1.36 bits per heavy atom. The molecule has 0 heterocycles. The van der Waals surface area contributed by atoms with E-state index in [1.165, 1.54) is 31.5 Å². The lowest BCUT2D eigenvalue weighted by atomic mass is 10.2. The second kappa shape index (κ2) is 8.48. The highest BCUT2D eigenvalue weighted by molar-refractivity contribution is 9.10. The van der Waals surface area contributed by atoms with Crippen LogP contribution in [0.1, 0.15) is 12.5 Å². The second-order valence-electron chi connectivity index (χ2n) is 5.16. The van der Waals surface area contributed by atoms with Gasteiger partial charge in [-0.3, -0.25) is 4.79 Å². The van der Waals surface area contributed by atoms with Crippen LogP contribution in [0.15, 0.2) is 46.0 Å². The van der Waals surface area contributed by atoms with E-state index in [-0.39, 0.29) is 17.5 Å². The zero-order chi connectivity index (χ0) is 18.4. The summed E-state index contributed by atoms with van der Waals surface area (Å²) in [6.45, 7) is 1.66. The number of halogens is 2. The van der Waals surface area contributed by atoms with E-state index in [2.05, 4.69) is 31.8 Å². The highest BCUT2D eigenvalue weighted by Crippen LogP contribution is 2.34. The van der Waals surface area contributed by atoms with Gasteiger partial charge >= 0.3 is 0 Å². The highest BCUT2D eigenvalue weighted by atomic mass is 79.9. The molecule has 0 fully saturated rings. The molecule has 0 aliphatic carbocycles. The molecule has 0 bridgehead atoms. The van der Waals surface area contributed by atoms with Gasteiger partial charge in [-0.05, 0) is 64.8 Å². The first-order valence-corrected chi connectivity index (χ1v) is 8.11. The van der Waals surface area contributed by atoms with E-state index in [1.54, 1.807) is 25.1 Å². The Bertz CT molecular complexity index is 758. The van der Waals surface area contributed by atoms with Crippen molar-refractivity contribution in [2.45, 2.75) is 13.0 Å². The van der Waals surface area contributed by atoms with Crippen molar-refractivity contribution >= 4 is 33.7 Å². The number of ether oxygens (including phenoxy) is 1. The van der Waals surface area contributed by atoms with Crippen molar-refractivity contribution < 1.29 is 19.0 Å². The summed E-state index contributed by atoms with van der Waals surface area (Å²) < 4.78 is 18.4. The Kier molecular flexibility index (Phi) is 6.35. The Hall–Kier alpha value is -2.61. The first kappa shape index (κ1) is 18.7. The lowest BCUT2D eigenvalue weighted by Crippen LogP contribution is -2.34. The summed E-state index contributed by atoms with van der Waals surface area (Å²) in [6.07, 6.45) is 1.40. The summed E-state index contributed by atoms with van der Waals surface area (Å²) >= 11 is 3.27. The number of anilines is 1. The van der Waals surface area contributed by atoms with Gasteiger partial charge in [0.2, 0.25) is 0 Å². The quantitative estimate of drug-likeness (QED) is 0.505. The molecule has 2 rings (SSSR count). The van der Waals surface area contributed by atoms with Crippen LogP contribution in [-0.4, -0.2) is 30.4 Å². The van der Waals surface area contributed by atoms with Crippen LogP contribution in [0.2, 0.25) is 0 Å². The van der Waals surface area contributed by atoms with Crippen LogP contribution in [-0.2, 0) is 4.79 Å². The molecule has 132 valence electrons. The number of hydrazone groups is 1. The van der Waals surface area contributed by atoms with E-state index >= 15 is 0 Å². The number of amides is 1. The third-order valence-electron chi connectivity index (χ3n) is 3.26. The van der Waals surface area contributed by atoms with Gasteiger partial charge < -0.3 is 15.2 Å². The number of hydrogen-bond donors (Lipinski definition) is 3. The van der Waals surface area contributed by atoms with Gasteiger partial charge in [0.05, 0.1) is 17.8 Å². The fourth-order valence-electron chi connectivity index (χ4n) is 2.00. The van der Waals surface area contributed by atoms with Crippen LogP contribution < -0.4 is 15.5 Å². The Labute approximate surface area is 152 Å². The summed E-state index contributed by atoms with van der Waals surface area (Å²) in [7, 11) is 1.45. The van der Waals surface area contributed by atoms with E-state index in [0.717, 1.165) is 0 Å². The van der Waals surface area contributed by atoms with Crippen LogP contribution in [0.3, 0.4) is 0 Å². The number of nitrogens with zero attached hydrogens (tertiary/aromatic N) is 1. The number of methoxy groups -OCH3 is 1. The van der Waals surface area contributed by atoms with Crippen LogP contribution in [0.5, 0.6) is 11.5 Å². The number of phenols is 1. The SMILES string of the molecule is COc1c(O)cc(/C=N\NC(=O)[C@H](C)Nc2ccc(F)cc2)cc1Br. The lowest BCUT2D eigenvalue weighted by Gasteiger charge is -2.13. The molecule has 2 aromatic rings. The molecule has 0 radical (unpaired) electrons. The van der Waals surface area contributed by atoms with Gasteiger partial charge in [-0.15, -0.1) is 0 Å². The minimum atomic E-state index is -0.571. The molecule has 0 saturated carbocycles. The highest BCUT2D eigenvalue weighted by Gasteiger charge is 2.12. The Balaban J connectivity index is 1.94. The molecule has 3 N–H and O–H groups in total. The maximum atomic E-state index is 12.9. The van der Waals surface area contributed by atoms with Crippen LogP contribution in [0.4, 0.5) is 10.1 Å². The minimum absolute atomic E-state index is 0.0454. The maximum absolute atomic E-state index is 12.9. The predicted octanol–water partition coefficient (Wildman–Crippen LogP) is 3.25. The minimum Gasteiger partial charge on any atom is -0.504 e. The number of nitrogens with one attached hydrogen (secondary N) is 2. The fraction of sp³-hybridized carbons (Fsp3) is 0.176. The summed E-state index contributed by atoms with van der Waals surface area (Å²) in [5.41, 5.74) is 3.59. The van der Waals surface area contributed by atoms with Gasteiger partial charge in [-0.25, -0.2) is 9.82 Å². The molecule has 0 unspecified atom stereocenters. The summed E-state index contributed by atoms with van der Waals surface area (Å²) in [6, 6.07) is 8.27. The average Bonchev–Trinajstić information content (AvgIpc) is 2.56. The predicted molar refractivity (Wildman–Crippen MR) is 97.6 cm³/mol. The lowest BCUT2D eigenvalue weighted by molar-refractivity contribution is -0.121. The van der Waals surface area contributed by atoms with Gasteiger partial charge in [-0.2, -0.15) is 5.10 Å². The smallest absolute Gasteiger partial charge is 0.262 e. The van der Waals surface area contributed by atoms with Crippen molar-refractivity contribution in [1.29, 1.82) is 0 Å². The number of rotatable bonds is 6. The number of benzene rings is 2. The molecule has 6 nitrogen and oxygen atoms in total. The van der Waals surface area contributed by atoms with Crippen LogP contribution >= 0.6 is 15.9 Å². The van der Waals surface area contributed by atoms with Crippen LogP contribution in [0, 0.1) is 5.82 Å². The summed E-state index contributed by atoms with van der Waals surface area (Å²) in [4.78, 5) is 12.0. The second-order valence-corrected chi connectivity index (χ2v) is 6.02. The molecule has 2 aromatic carbocycles. The fourth-order valence-corrected chi connectivity index (χ4v) is 2.63. The molecule has 0 aromatic heterocycles. The van der Waals surface area contributed by atoms with Crippen molar-refractivity contribution in [1.82, 2.24) is 5.43 Å². The van der Waals surface area contributed by atoms with Gasteiger partial charge in [0.25, 0.3) is 5.91 Å². The Morgan fingerprint density at radius 3 is 2.64 bits per heavy atom. The number of phenolic OH excluding ortho intramolecular Hbond substituents is 1. The molecule has 25 heavy (non-hydrogen) atoms. The summed E-state index contributed by atoms with van der Waals surface area (Å²) in [5, 5.41) is 16.6. The van der Waals surface area contributed by atoms with E-state index in [9.17, 15) is 14.3 Å². The van der Waals surface area contributed by atoms with E-state index in [1.807, 2.05) is 0 Å². The zero-order valence-corrected chi connectivity index (χ0v) is 15.2. The standard InChI is InChI=1S/C17H17BrFN3O3/c1-10(21-13-5-3-12(19)4-6-13)17(24)22-20-9-11-7-14(18)16(25-2)15(23)8-11/h3-10,21,23H,1-2H3,(H,22,24)/b20-9-/t10-/m0/s1. The zero-order valence-electron chi connectivity index (χ0n) is 13.6. The largest absolute Gasteiger partial charge is 0.504 e. The molecule has 1 atom stereocenters. The van der Waals surface area contributed by atoms with E-state index in [4.69, 9.17) is 4.74 Å². The van der Waals surface area contributed by atoms with E-state index < -0.39 is 6.04 Å². The molecular weight excluding hydrogens is 393 g/mol. The van der Waals surface area contributed by atoms with Crippen molar-refractivity contribution in [2.24, 2.45) is 5.10 Å². The van der Waals surface area contributed by atoms with E-state index in [0.29, 0.717) is 21.5 Å². The number of hydrogen-bond acceptors (Lipinski definition) is 5. The molecule has 0 aliphatic heterocycles. The molecule has 0 saturated heterocycles. The van der Waals surface area contributed by atoms with Crippen molar-refractivity contribution in [3.8, 4) is 11.5 Å². The number of carbonyl (C=O) groups excluding carboxylic acids is 1. The summed E-state index contributed by atoms with van der Waals surface area (Å²) in [5.74, 6) is -0.437. The average molecular weight is 410 g/mol. The van der Waals surface area contributed by atoms with Gasteiger partial charge in [0.1, 0.15) is 11.9 Å².